The van der Waals surface area contributed by atoms with Crippen molar-refractivity contribution in [3.63, 3.8) is 0 Å². The van der Waals surface area contributed by atoms with Crippen LogP contribution in [0, 0.1) is 6.92 Å². The van der Waals surface area contributed by atoms with Crippen LogP contribution in [0.15, 0.2) is 17.2 Å². The Bertz CT molecular complexity index is 485. The van der Waals surface area contributed by atoms with E-state index in [0.717, 1.165) is 5.69 Å². The summed E-state index contributed by atoms with van der Waals surface area (Å²) in [5.41, 5.74) is 1.04. The maximum Gasteiger partial charge on any atom is 0.331 e. The van der Waals surface area contributed by atoms with Crippen LogP contribution in [0.3, 0.4) is 0 Å². The maximum absolute atomic E-state index is 11.2. The van der Waals surface area contributed by atoms with Gasteiger partial charge in [-0.2, -0.15) is 0 Å². The summed E-state index contributed by atoms with van der Waals surface area (Å²) < 4.78 is 1.39. The number of nitrogens with one attached hydrogen (secondary N) is 1. The first kappa shape index (κ1) is 7.36. The highest BCUT2D eigenvalue weighted by Gasteiger charge is 2.03. The summed E-state index contributed by atoms with van der Waals surface area (Å²) in [5.74, 6) is 0. The van der Waals surface area contributed by atoms with Crippen LogP contribution < -0.4 is 5.69 Å². The lowest BCUT2D eigenvalue weighted by atomic mass is 10.6. The lowest BCUT2D eigenvalue weighted by molar-refractivity contribution is 1.00. The van der Waals surface area contributed by atoms with E-state index in [4.69, 9.17) is 11.6 Å². The van der Waals surface area contributed by atoms with E-state index in [9.17, 15) is 4.79 Å². The summed E-state index contributed by atoms with van der Waals surface area (Å²) in [5, 5.41) is 0.447. The highest BCUT2D eigenvalue weighted by Crippen LogP contribution is 2.12. The van der Waals surface area contributed by atoms with Crippen LogP contribution in [0.5, 0.6) is 0 Å². The maximum atomic E-state index is 11.2. The number of hydrogen-bond acceptors (Lipinski definition) is 2. The minimum Gasteiger partial charge on any atom is -0.312 e. The van der Waals surface area contributed by atoms with Crippen molar-refractivity contribution in [2.45, 2.75) is 6.92 Å². The van der Waals surface area contributed by atoms with Crippen LogP contribution in [0.25, 0.3) is 5.65 Å². The molecule has 2 aromatic rings. The van der Waals surface area contributed by atoms with Crippen LogP contribution in [0.2, 0.25) is 5.02 Å². The van der Waals surface area contributed by atoms with Gasteiger partial charge in [-0.25, -0.2) is 14.2 Å². The molecule has 2 heterocycles. The van der Waals surface area contributed by atoms with Gasteiger partial charge in [-0.15, -0.1) is 0 Å². The normalized spacial score (nSPS) is 10.8. The predicted molar refractivity (Wildman–Crippen MR) is 45.6 cm³/mol. The number of fused-ring (bicyclic) bond motifs is 1. The smallest absolute Gasteiger partial charge is 0.312 e. The van der Waals surface area contributed by atoms with E-state index < -0.39 is 0 Å². The second kappa shape index (κ2) is 2.35. The first-order valence-corrected chi connectivity index (χ1v) is 3.79. The van der Waals surface area contributed by atoms with Gasteiger partial charge in [0.25, 0.3) is 0 Å². The van der Waals surface area contributed by atoms with Crippen molar-refractivity contribution in [1.82, 2.24) is 14.4 Å². The van der Waals surface area contributed by atoms with Gasteiger partial charge in [-0.05, 0) is 6.92 Å². The third kappa shape index (κ3) is 0.921. The Morgan fingerprint density at radius 3 is 3.08 bits per heavy atom. The molecule has 62 valence electrons. The SMILES string of the molecule is Cc1cn2c(=O)[nH]cc(Cl)c2n1. The largest absolute Gasteiger partial charge is 0.331 e. The zero-order valence-corrected chi connectivity index (χ0v) is 7.09. The summed E-state index contributed by atoms with van der Waals surface area (Å²) in [6, 6.07) is 0. The number of aromatic amines is 1. The molecule has 12 heavy (non-hydrogen) atoms. The first-order valence-electron chi connectivity index (χ1n) is 3.41. The molecule has 0 aliphatic carbocycles. The van der Waals surface area contributed by atoms with E-state index in [0.29, 0.717) is 10.7 Å². The highest BCUT2D eigenvalue weighted by molar-refractivity contribution is 6.33. The average Bonchev–Trinajstić information content (AvgIpc) is 2.41. The molecule has 0 saturated heterocycles. The fraction of sp³-hybridized carbons (Fsp3) is 0.143. The number of halogens is 1. The van der Waals surface area contributed by atoms with E-state index in [1.807, 2.05) is 6.92 Å². The Balaban J connectivity index is 3.03. The Morgan fingerprint density at radius 1 is 1.67 bits per heavy atom. The monoisotopic (exact) mass is 183 g/mol. The standard InChI is InChI=1S/C7H6ClN3O/c1-4-3-11-6(10-4)5(8)2-9-7(11)12/h2-3H,1H3,(H,9,12). The molecule has 0 aliphatic heterocycles. The van der Waals surface area contributed by atoms with Gasteiger partial charge in [0.15, 0.2) is 5.65 Å². The molecule has 1 N–H and O–H groups in total. The number of aryl methyl sites for hydroxylation is 1. The molecule has 5 heteroatoms. The van der Waals surface area contributed by atoms with Gasteiger partial charge in [0.05, 0.1) is 5.69 Å². The van der Waals surface area contributed by atoms with Crippen molar-refractivity contribution in [3.8, 4) is 0 Å². The van der Waals surface area contributed by atoms with E-state index in [2.05, 4.69) is 9.97 Å². The molecular weight excluding hydrogens is 178 g/mol. The molecule has 0 spiro atoms. The van der Waals surface area contributed by atoms with E-state index >= 15 is 0 Å². The molecule has 0 saturated carbocycles. The second-order valence-corrected chi connectivity index (χ2v) is 2.92. The topological polar surface area (TPSA) is 50.2 Å². The molecule has 2 rings (SSSR count). The molecule has 0 atom stereocenters. The number of aromatic nitrogens is 3. The zero-order valence-electron chi connectivity index (χ0n) is 6.34. The van der Waals surface area contributed by atoms with Crippen LogP contribution in [-0.4, -0.2) is 14.4 Å². The first-order chi connectivity index (χ1) is 5.68. The summed E-state index contributed by atoms with van der Waals surface area (Å²) in [6.07, 6.45) is 3.08. The van der Waals surface area contributed by atoms with Crippen molar-refractivity contribution < 1.29 is 0 Å². The Hall–Kier alpha value is -1.29. The molecular formula is C7H6ClN3O. The van der Waals surface area contributed by atoms with E-state index in [1.165, 1.54) is 10.6 Å². The molecule has 2 aromatic heterocycles. The van der Waals surface area contributed by atoms with Crippen LogP contribution in [0.1, 0.15) is 5.69 Å². The van der Waals surface area contributed by atoms with Gasteiger partial charge >= 0.3 is 5.69 Å². The van der Waals surface area contributed by atoms with Crippen molar-refractivity contribution >= 4 is 17.2 Å². The summed E-state index contributed by atoms with van der Waals surface area (Å²) in [6.45, 7) is 1.81. The Labute approximate surface area is 72.8 Å². The number of rotatable bonds is 0. The van der Waals surface area contributed by atoms with Gasteiger partial charge < -0.3 is 4.98 Å². The molecule has 0 bridgehead atoms. The molecule has 4 nitrogen and oxygen atoms in total. The van der Waals surface area contributed by atoms with E-state index in [1.54, 1.807) is 6.20 Å². The minimum atomic E-state index is -0.227. The van der Waals surface area contributed by atoms with Crippen LogP contribution in [0.4, 0.5) is 0 Å². The summed E-state index contributed by atoms with van der Waals surface area (Å²) in [7, 11) is 0. The molecule has 0 aliphatic rings. The third-order valence-corrected chi connectivity index (χ3v) is 1.86. The number of H-pyrrole nitrogens is 1. The fourth-order valence-corrected chi connectivity index (χ4v) is 1.27. The summed E-state index contributed by atoms with van der Waals surface area (Å²) >= 11 is 5.79. The molecule has 0 amide bonds. The third-order valence-electron chi connectivity index (χ3n) is 1.58. The molecule has 0 unspecified atom stereocenters. The van der Waals surface area contributed by atoms with Crippen LogP contribution in [-0.2, 0) is 0 Å². The van der Waals surface area contributed by atoms with Crippen LogP contribution >= 0.6 is 11.6 Å². The Morgan fingerprint density at radius 2 is 2.42 bits per heavy atom. The number of hydrogen-bond donors (Lipinski definition) is 1. The number of nitrogens with zero attached hydrogens (tertiary/aromatic N) is 2. The van der Waals surface area contributed by atoms with Gasteiger partial charge in [-0.1, -0.05) is 11.6 Å². The summed E-state index contributed by atoms with van der Waals surface area (Å²) in [4.78, 5) is 17.7. The number of imidazole rings is 1. The minimum absolute atomic E-state index is 0.227. The fourth-order valence-electron chi connectivity index (χ4n) is 1.08. The predicted octanol–water partition coefficient (Wildman–Crippen LogP) is 0.984. The molecule has 0 fully saturated rings. The molecule has 0 radical (unpaired) electrons. The van der Waals surface area contributed by atoms with Gasteiger partial charge in [-0.3, -0.25) is 0 Å². The Kier molecular flexibility index (Phi) is 1.44. The lowest BCUT2D eigenvalue weighted by Gasteiger charge is -1.91. The van der Waals surface area contributed by atoms with Gasteiger partial charge in [0.1, 0.15) is 5.02 Å². The van der Waals surface area contributed by atoms with Crippen molar-refractivity contribution in [3.05, 3.63) is 33.6 Å². The quantitative estimate of drug-likeness (QED) is 0.662. The lowest BCUT2D eigenvalue weighted by Crippen LogP contribution is -2.14. The van der Waals surface area contributed by atoms with Crippen molar-refractivity contribution in [2.24, 2.45) is 0 Å². The molecule has 0 aromatic carbocycles. The van der Waals surface area contributed by atoms with E-state index in [-0.39, 0.29) is 5.69 Å². The highest BCUT2D eigenvalue weighted by atomic mass is 35.5. The van der Waals surface area contributed by atoms with Crippen molar-refractivity contribution in [1.29, 1.82) is 0 Å². The van der Waals surface area contributed by atoms with Gasteiger partial charge in [0.2, 0.25) is 0 Å². The van der Waals surface area contributed by atoms with Crippen molar-refractivity contribution in [2.75, 3.05) is 0 Å². The zero-order chi connectivity index (χ0) is 8.72. The average molecular weight is 184 g/mol. The second-order valence-electron chi connectivity index (χ2n) is 2.52. The van der Waals surface area contributed by atoms with Gasteiger partial charge in [0, 0.05) is 12.4 Å².